The molecule has 2 unspecified atom stereocenters. The second kappa shape index (κ2) is 4.23. The van der Waals surface area contributed by atoms with Crippen LogP contribution in [0.3, 0.4) is 0 Å². The number of fused-ring (bicyclic) bond motifs is 1. The molecule has 2 atom stereocenters. The first-order valence-corrected chi connectivity index (χ1v) is 6.73. The lowest BCUT2D eigenvalue weighted by Gasteiger charge is -2.18. The average molecular weight is 280 g/mol. The number of rotatable bonds is 1. The van der Waals surface area contributed by atoms with Gasteiger partial charge in [0.15, 0.2) is 0 Å². The molecule has 0 aromatic heterocycles. The highest BCUT2D eigenvalue weighted by Gasteiger charge is 2.52. The predicted octanol–water partition coefficient (Wildman–Crippen LogP) is 2.58. The summed E-state index contributed by atoms with van der Waals surface area (Å²) in [5.41, 5.74) is 0.372. The Labute approximate surface area is 116 Å². The third-order valence-electron chi connectivity index (χ3n) is 4.05. The monoisotopic (exact) mass is 279 g/mol. The molecule has 1 heterocycles. The van der Waals surface area contributed by atoms with Gasteiger partial charge in [-0.15, -0.1) is 0 Å². The maximum Gasteiger partial charge on any atom is 0.237 e. The quantitative estimate of drug-likeness (QED) is 0.804. The number of hydrogen-bond donors (Lipinski definition) is 1. The van der Waals surface area contributed by atoms with Gasteiger partial charge >= 0.3 is 0 Å². The third-order valence-corrected chi connectivity index (χ3v) is 4.35. The van der Waals surface area contributed by atoms with Crippen molar-refractivity contribution in [1.29, 1.82) is 0 Å². The fraction of sp³-hybridized carbons (Fsp3) is 0.429. The molecule has 1 aliphatic heterocycles. The van der Waals surface area contributed by atoms with E-state index in [1.807, 2.05) is 0 Å². The molecule has 1 aromatic rings. The molecule has 3 rings (SSSR count). The zero-order chi connectivity index (χ0) is 13.7. The summed E-state index contributed by atoms with van der Waals surface area (Å²) in [5.74, 6) is -0.291. The first-order chi connectivity index (χ1) is 8.99. The summed E-state index contributed by atoms with van der Waals surface area (Å²) in [6.45, 7) is 2.07. The van der Waals surface area contributed by atoms with Crippen molar-refractivity contribution in [3.8, 4) is 5.75 Å². The fourth-order valence-corrected chi connectivity index (χ4v) is 3.45. The van der Waals surface area contributed by atoms with E-state index in [0.717, 1.165) is 12.8 Å². The first-order valence-electron chi connectivity index (χ1n) is 6.35. The molecule has 2 aliphatic rings. The van der Waals surface area contributed by atoms with Crippen molar-refractivity contribution in [2.45, 2.75) is 19.8 Å². The molecule has 1 N–H and O–H groups in total. The van der Waals surface area contributed by atoms with Gasteiger partial charge in [-0.2, -0.15) is 0 Å². The van der Waals surface area contributed by atoms with E-state index < -0.39 is 0 Å². The summed E-state index contributed by atoms with van der Waals surface area (Å²) in [6.07, 6.45) is 1.53. The highest BCUT2D eigenvalue weighted by atomic mass is 35.5. The van der Waals surface area contributed by atoms with Crippen molar-refractivity contribution in [2.24, 2.45) is 17.8 Å². The van der Waals surface area contributed by atoms with Crippen LogP contribution < -0.4 is 4.90 Å². The van der Waals surface area contributed by atoms with Crippen LogP contribution in [0.15, 0.2) is 18.2 Å². The number of amides is 2. The number of aromatic hydroxyl groups is 1. The minimum absolute atomic E-state index is 0.0154. The minimum Gasteiger partial charge on any atom is -0.508 e. The van der Waals surface area contributed by atoms with Gasteiger partial charge in [-0.3, -0.25) is 9.59 Å². The Kier molecular flexibility index (Phi) is 2.78. The van der Waals surface area contributed by atoms with Crippen LogP contribution in [0.4, 0.5) is 5.69 Å². The average Bonchev–Trinajstić information content (AvgIpc) is 2.82. The van der Waals surface area contributed by atoms with E-state index >= 15 is 0 Å². The molecule has 1 saturated carbocycles. The molecule has 1 saturated heterocycles. The Hall–Kier alpha value is -1.55. The third kappa shape index (κ3) is 1.82. The highest BCUT2D eigenvalue weighted by Crippen LogP contribution is 2.45. The molecule has 5 heteroatoms. The summed E-state index contributed by atoms with van der Waals surface area (Å²) < 4.78 is 0. The van der Waals surface area contributed by atoms with Crippen LogP contribution >= 0.6 is 11.6 Å². The summed E-state index contributed by atoms with van der Waals surface area (Å²) >= 11 is 6.02. The van der Waals surface area contributed by atoms with Gasteiger partial charge in [0.1, 0.15) is 5.75 Å². The van der Waals surface area contributed by atoms with E-state index in [1.54, 1.807) is 0 Å². The van der Waals surface area contributed by atoms with Crippen LogP contribution in [-0.4, -0.2) is 16.9 Å². The molecule has 4 nitrogen and oxygen atoms in total. The molecule has 100 valence electrons. The van der Waals surface area contributed by atoms with E-state index in [9.17, 15) is 14.7 Å². The maximum atomic E-state index is 12.4. The molecule has 0 bridgehead atoms. The van der Waals surface area contributed by atoms with Crippen molar-refractivity contribution >= 4 is 29.1 Å². The lowest BCUT2D eigenvalue weighted by molar-refractivity contribution is -0.123. The highest BCUT2D eigenvalue weighted by molar-refractivity contribution is 6.36. The molecule has 0 spiro atoms. The van der Waals surface area contributed by atoms with Crippen LogP contribution in [-0.2, 0) is 9.59 Å². The number of halogens is 1. The molecular formula is C14H14ClNO3. The Bertz CT molecular complexity index is 548. The molecule has 1 aliphatic carbocycles. The van der Waals surface area contributed by atoms with Crippen LogP contribution in [0.1, 0.15) is 19.8 Å². The second-order valence-electron chi connectivity index (χ2n) is 5.44. The smallest absolute Gasteiger partial charge is 0.237 e. The van der Waals surface area contributed by atoms with Crippen molar-refractivity contribution in [1.82, 2.24) is 0 Å². The number of carbonyl (C=O) groups excluding carboxylic acids is 2. The zero-order valence-corrected chi connectivity index (χ0v) is 11.2. The molecule has 2 amide bonds. The van der Waals surface area contributed by atoms with Crippen molar-refractivity contribution in [3.63, 3.8) is 0 Å². The molecular weight excluding hydrogens is 266 g/mol. The standard InChI is InChI=1S/C14H14ClNO3/c1-7-4-9-10(5-7)14(19)16(13(9)18)12-3-2-8(17)6-11(12)15/h2-3,6-7,9-10,17H,4-5H2,1H3. The van der Waals surface area contributed by atoms with Gasteiger partial charge in [-0.1, -0.05) is 18.5 Å². The van der Waals surface area contributed by atoms with E-state index in [-0.39, 0.29) is 34.4 Å². The largest absolute Gasteiger partial charge is 0.508 e. The van der Waals surface area contributed by atoms with Gasteiger partial charge < -0.3 is 5.11 Å². The number of benzene rings is 1. The summed E-state index contributed by atoms with van der Waals surface area (Å²) in [7, 11) is 0. The van der Waals surface area contributed by atoms with E-state index in [2.05, 4.69) is 6.92 Å². The van der Waals surface area contributed by atoms with Gasteiger partial charge in [0.05, 0.1) is 22.5 Å². The SMILES string of the molecule is CC1CC2C(=O)N(c3ccc(O)cc3Cl)C(=O)C2C1. The van der Waals surface area contributed by atoms with Gasteiger partial charge in [0.25, 0.3) is 0 Å². The second-order valence-corrected chi connectivity index (χ2v) is 5.84. The van der Waals surface area contributed by atoms with Crippen molar-refractivity contribution < 1.29 is 14.7 Å². The first kappa shape index (κ1) is 12.5. The molecule has 0 radical (unpaired) electrons. The Morgan fingerprint density at radius 2 is 1.79 bits per heavy atom. The maximum absolute atomic E-state index is 12.4. The normalized spacial score (nSPS) is 30.0. The van der Waals surface area contributed by atoms with Gasteiger partial charge in [0, 0.05) is 6.07 Å². The minimum atomic E-state index is -0.202. The summed E-state index contributed by atoms with van der Waals surface area (Å²) in [6, 6.07) is 4.28. The van der Waals surface area contributed by atoms with Crippen LogP contribution in [0.2, 0.25) is 5.02 Å². The number of anilines is 1. The van der Waals surface area contributed by atoms with Crippen LogP contribution in [0.5, 0.6) is 5.75 Å². The molecule has 2 fully saturated rings. The number of phenols is 1. The number of phenolic OH excluding ortho intramolecular Hbond substituents is 1. The van der Waals surface area contributed by atoms with E-state index in [4.69, 9.17) is 11.6 Å². The topological polar surface area (TPSA) is 57.6 Å². The van der Waals surface area contributed by atoms with E-state index in [1.165, 1.54) is 23.1 Å². The predicted molar refractivity (Wildman–Crippen MR) is 71.0 cm³/mol. The number of carbonyl (C=O) groups is 2. The lowest BCUT2D eigenvalue weighted by Crippen LogP contribution is -2.32. The molecule has 19 heavy (non-hydrogen) atoms. The van der Waals surface area contributed by atoms with Crippen molar-refractivity contribution in [2.75, 3.05) is 4.90 Å². The Morgan fingerprint density at radius 1 is 1.21 bits per heavy atom. The lowest BCUT2D eigenvalue weighted by atomic mass is 10.00. The molecule has 1 aromatic carbocycles. The zero-order valence-electron chi connectivity index (χ0n) is 10.5. The van der Waals surface area contributed by atoms with Gasteiger partial charge in [0.2, 0.25) is 11.8 Å². The fourth-order valence-electron chi connectivity index (χ4n) is 3.19. The van der Waals surface area contributed by atoms with E-state index in [0.29, 0.717) is 11.6 Å². The number of imide groups is 1. The van der Waals surface area contributed by atoms with Gasteiger partial charge in [-0.25, -0.2) is 4.90 Å². The van der Waals surface area contributed by atoms with Crippen molar-refractivity contribution in [3.05, 3.63) is 23.2 Å². The summed E-state index contributed by atoms with van der Waals surface area (Å²) in [5, 5.41) is 9.55. The van der Waals surface area contributed by atoms with Crippen LogP contribution in [0, 0.1) is 17.8 Å². The number of hydrogen-bond acceptors (Lipinski definition) is 3. The van der Waals surface area contributed by atoms with Crippen LogP contribution in [0.25, 0.3) is 0 Å². The van der Waals surface area contributed by atoms with Gasteiger partial charge in [-0.05, 0) is 30.9 Å². The Balaban J connectivity index is 1.99. The number of nitrogens with zero attached hydrogens (tertiary/aromatic N) is 1. The Morgan fingerprint density at radius 3 is 2.32 bits per heavy atom. The summed E-state index contributed by atoms with van der Waals surface area (Å²) in [4.78, 5) is 25.9.